The third kappa shape index (κ3) is 3.03. The van der Waals surface area contributed by atoms with Gasteiger partial charge in [-0.1, -0.05) is 23.4 Å². The van der Waals surface area contributed by atoms with Crippen LogP contribution in [-0.4, -0.2) is 46.2 Å². The molecular formula is C17H19N5O. The second-order valence-corrected chi connectivity index (χ2v) is 5.85. The summed E-state index contributed by atoms with van der Waals surface area (Å²) < 4.78 is 5.03. The molecule has 0 unspecified atom stereocenters. The van der Waals surface area contributed by atoms with Crippen molar-refractivity contribution in [2.75, 3.05) is 31.1 Å². The molecule has 0 amide bonds. The predicted molar refractivity (Wildman–Crippen MR) is 88.3 cm³/mol. The second kappa shape index (κ2) is 5.96. The van der Waals surface area contributed by atoms with Crippen molar-refractivity contribution < 1.29 is 4.52 Å². The summed E-state index contributed by atoms with van der Waals surface area (Å²) in [7, 11) is 0. The van der Waals surface area contributed by atoms with Gasteiger partial charge >= 0.3 is 0 Å². The van der Waals surface area contributed by atoms with Crippen LogP contribution in [0.4, 0.5) is 5.82 Å². The Balaban J connectivity index is 1.42. The molecule has 4 rings (SSSR count). The fourth-order valence-corrected chi connectivity index (χ4v) is 2.97. The van der Waals surface area contributed by atoms with E-state index in [0.717, 1.165) is 49.9 Å². The number of anilines is 1. The lowest BCUT2D eigenvalue weighted by atomic mass is 10.2. The summed E-state index contributed by atoms with van der Waals surface area (Å²) in [4.78, 5) is 13.7. The SMILES string of the molecule is Cc1nc(CN2CCN(c3ccc4ccccc4n3)CC2)no1. The minimum Gasteiger partial charge on any atom is -0.354 e. The Bertz CT molecular complexity index is 807. The number of fused-ring (bicyclic) bond motifs is 1. The van der Waals surface area contributed by atoms with Gasteiger partial charge in [-0.2, -0.15) is 4.98 Å². The van der Waals surface area contributed by atoms with Gasteiger partial charge in [0.25, 0.3) is 0 Å². The molecule has 1 fully saturated rings. The number of aryl methyl sites for hydroxylation is 1. The van der Waals surface area contributed by atoms with Crippen LogP contribution in [0.1, 0.15) is 11.7 Å². The summed E-state index contributed by atoms with van der Waals surface area (Å²) in [5.74, 6) is 2.44. The monoisotopic (exact) mass is 309 g/mol. The van der Waals surface area contributed by atoms with E-state index in [9.17, 15) is 0 Å². The third-order valence-corrected chi connectivity index (χ3v) is 4.21. The van der Waals surface area contributed by atoms with E-state index in [4.69, 9.17) is 9.51 Å². The fourth-order valence-electron chi connectivity index (χ4n) is 2.97. The van der Waals surface area contributed by atoms with Gasteiger partial charge in [0.05, 0.1) is 12.1 Å². The van der Waals surface area contributed by atoms with E-state index in [1.165, 1.54) is 5.39 Å². The maximum absolute atomic E-state index is 5.03. The summed E-state index contributed by atoms with van der Waals surface area (Å²) in [5.41, 5.74) is 1.05. The molecule has 0 N–H and O–H groups in total. The van der Waals surface area contributed by atoms with E-state index in [-0.39, 0.29) is 0 Å². The lowest BCUT2D eigenvalue weighted by molar-refractivity contribution is 0.239. The van der Waals surface area contributed by atoms with Crippen molar-refractivity contribution in [2.45, 2.75) is 13.5 Å². The number of hydrogen-bond donors (Lipinski definition) is 0. The topological polar surface area (TPSA) is 58.3 Å². The highest BCUT2D eigenvalue weighted by Crippen LogP contribution is 2.19. The molecule has 3 aromatic rings. The quantitative estimate of drug-likeness (QED) is 0.739. The first-order chi connectivity index (χ1) is 11.3. The summed E-state index contributed by atoms with van der Waals surface area (Å²) >= 11 is 0. The summed E-state index contributed by atoms with van der Waals surface area (Å²) in [5, 5.41) is 5.15. The number of benzene rings is 1. The highest BCUT2D eigenvalue weighted by Gasteiger charge is 2.19. The molecule has 2 aromatic heterocycles. The smallest absolute Gasteiger partial charge is 0.223 e. The van der Waals surface area contributed by atoms with Gasteiger partial charge in [-0.3, -0.25) is 4.90 Å². The number of aromatic nitrogens is 3. The molecule has 118 valence electrons. The minimum atomic E-state index is 0.624. The number of nitrogens with zero attached hydrogens (tertiary/aromatic N) is 5. The van der Waals surface area contributed by atoms with Crippen molar-refractivity contribution in [1.29, 1.82) is 0 Å². The van der Waals surface area contributed by atoms with E-state index < -0.39 is 0 Å². The van der Waals surface area contributed by atoms with Crippen LogP contribution in [-0.2, 0) is 6.54 Å². The Morgan fingerprint density at radius 3 is 2.61 bits per heavy atom. The molecule has 0 spiro atoms. The van der Waals surface area contributed by atoms with Crippen LogP contribution >= 0.6 is 0 Å². The maximum Gasteiger partial charge on any atom is 0.223 e. The number of hydrogen-bond acceptors (Lipinski definition) is 6. The van der Waals surface area contributed by atoms with Crippen LogP contribution in [0.5, 0.6) is 0 Å². The first-order valence-corrected chi connectivity index (χ1v) is 7.90. The molecule has 1 aliphatic heterocycles. The molecule has 1 aromatic carbocycles. The largest absolute Gasteiger partial charge is 0.354 e. The first-order valence-electron chi connectivity index (χ1n) is 7.90. The van der Waals surface area contributed by atoms with Crippen LogP contribution in [0.15, 0.2) is 40.9 Å². The van der Waals surface area contributed by atoms with Crippen LogP contribution < -0.4 is 4.90 Å². The Kier molecular flexibility index (Phi) is 3.67. The lowest BCUT2D eigenvalue weighted by Gasteiger charge is -2.34. The average Bonchev–Trinajstić information content (AvgIpc) is 3.00. The molecule has 6 nitrogen and oxygen atoms in total. The number of rotatable bonds is 3. The molecule has 0 radical (unpaired) electrons. The molecule has 0 aliphatic carbocycles. The lowest BCUT2D eigenvalue weighted by Crippen LogP contribution is -2.46. The molecule has 0 saturated carbocycles. The molecule has 0 atom stereocenters. The highest BCUT2D eigenvalue weighted by atomic mass is 16.5. The zero-order valence-corrected chi connectivity index (χ0v) is 13.1. The maximum atomic E-state index is 5.03. The second-order valence-electron chi connectivity index (χ2n) is 5.85. The number of pyridine rings is 1. The van der Waals surface area contributed by atoms with Gasteiger partial charge in [-0.05, 0) is 18.2 Å². The van der Waals surface area contributed by atoms with Gasteiger partial charge in [-0.15, -0.1) is 0 Å². The van der Waals surface area contributed by atoms with Crippen molar-refractivity contribution in [1.82, 2.24) is 20.0 Å². The van der Waals surface area contributed by atoms with Crippen molar-refractivity contribution in [3.05, 3.63) is 48.1 Å². The highest BCUT2D eigenvalue weighted by molar-refractivity contribution is 5.80. The normalized spacial score (nSPS) is 16.1. The molecule has 1 saturated heterocycles. The summed E-state index contributed by atoms with van der Waals surface area (Å²) in [6.07, 6.45) is 0. The van der Waals surface area contributed by atoms with E-state index in [0.29, 0.717) is 5.89 Å². The van der Waals surface area contributed by atoms with Crippen molar-refractivity contribution in [3.8, 4) is 0 Å². The van der Waals surface area contributed by atoms with E-state index in [2.05, 4.69) is 44.2 Å². The Morgan fingerprint density at radius 1 is 1.00 bits per heavy atom. The van der Waals surface area contributed by atoms with E-state index >= 15 is 0 Å². The predicted octanol–water partition coefficient (Wildman–Crippen LogP) is 2.25. The Labute approximate surface area is 134 Å². The molecule has 6 heteroatoms. The molecular weight excluding hydrogens is 290 g/mol. The average molecular weight is 309 g/mol. The molecule has 0 bridgehead atoms. The van der Waals surface area contributed by atoms with Crippen LogP contribution in [0.2, 0.25) is 0 Å². The number of para-hydroxylation sites is 1. The summed E-state index contributed by atoms with van der Waals surface area (Å²) in [6, 6.07) is 12.5. The Hall–Kier alpha value is -2.47. The van der Waals surface area contributed by atoms with E-state index in [1.54, 1.807) is 0 Å². The third-order valence-electron chi connectivity index (χ3n) is 4.21. The van der Waals surface area contributed by atoms with Gasteiger partial charge in [0, 0.05) is 38.5 Å². The standard InChI is InChI=1S/C17H19N5O/c1-13-18-16(20-23-13)12-21-8-10-22(11-9-21)17-7-6-14-4-2-3-5-15(14)19-17/h2-7H,8-12H2,1H3. The first kappa shape index (κ1) is 14.1. The van der Waals surface area contributed by atoms with E-state index in [1.807, 2.05) is 19.1 Å². The van der Waals surface area contributed by atoms with Crippen molar-refractivity contribution in [3.63, 3.8) is 0 Å². The van der Waals surface area contributed by atoms with Gasteiger partial charge < -0.3 is 9.42 Å². The van der Waals surface area contributed by atoms with Gasteiger partial charge in [-0.25, -0.2) is 4.98 Å². The van der Waals surface area contributed by atoms with Crippen LogP contribution in [0.3, 0.4) is 0 Å². The zero-order chi connectivity index (χ0) is 15.6. The molecule has 23 heavy (non-hydrogen) atoms. The molecule has 1 aliphatic rings. The Morgan fingerprint density at radius 2 is 1.83 bits per heavy atom. The van der Waals surface area contributed by atoms with Crippen molar-refractivity contribution in [2.24, 2.45) is 0 Å². The number of piperazine rings is 1. The fraction of sp³-hybridized carbons (Fsp3) is 0.353. The van der Waals surface area contributed by atoms with Crippen molar-refractivity contribution >= 4 is 16.7 Å². The van der Waals surface area contributed by atoms with Gasteiger partial charge in [0.1, 0.15) is 5.82 Å². The van der Waals surface area contributed by atoms with Crippen LogP contribution in [0, 0.1) is 6.92 Å². The van der Waals surface area contributed by atoms with Gasteiger partial charge in [0.2, 0.25) is 5.89 Å². The minimum absolute atomic E-state index is 0.624. The molecule has 3 heterocycles. The van der Waals surface area contributed by atoms with Crippen LogP contribution in [0.25, 0.3) is 10.9 Å². The zero-order valence-electron chi connectivity index (χ0n) is 13.1. The van der Waals surface area contributed by atoms with Gasteiger partial charge in [0.15, 0.2) is 5.82 Å². The summed E-state index contributed by atoms with van der Waals surface area (Å²) in [6.45, 7) is 6.44.